The van der Waals surface area contributed by atoms with E-state index in [4.69, 9.17) is 0 Å². The molecule has 3 aromatic heterocycles. The molecule has 0 bridgehead atoms. The fourth-order valence-corrected chi connectivity index (χ4v) is 5.43. The molecule has 2 fully saturated rings. The van der Waals surface area contributed by atoms with Crippen molar-refractivity contribution in [3.8, 4) is 0 Å². The van der Waals surface area contributed by atoms with E-state index in [-0.39, 0.29) is 17.9 Å². The van der Waals surface area contributed by atoms with Crippen LogP contribution in [0.15, 0.2) is 31.0 Å². The third kappa shape index (κ3) is 4.77. The van der Waals surface area contributed by atoms with Crippen LogP contribution in [0.25, 0.3) is 5.65 Å². The minimum atomic E-state index is -0.234. The van der Waals surface area contributed by atoms with Crippen LogP contribution in [0, 0.1) is 19.8 Å². The summed E-state index contributed by atoms with van der Waals surface area (Å²) in [6, 6.07) is 0.188. The summed E-state index contributed by atoms with van der Waals surface area (Å²) < 4.78 is 2.01. The summed E-state index contributed by atoms with van der Waals surface area (Å²) in [5, 5.41) is 3.04. The molecule has 0 radical (unpaired) electrons. The lowest BCUT2D eigenvalue weighted by molar-refractivity contribution is -0.509. The molecule has 0 aromatic carbocycles. The van der Waals surface area contributed by atoms with Gasteiger partial charge >= 0.3 is 0 Å². The van der Waals surface area contributed by atoms with Gasteiger partial charge in [0, 0.05) is 50.5 Å². The zero-order chi connectivity index (χ0) is 24.5. The number of rotatable bonds is 5. The van der Waals surface area contributed by atoms with Crippen LogP contribution in [0.2, 0.25) is 0 Å². The van der Waals surface area contributed by atoms with Crippen LogP contribution in [0.4, 0.5) is 5.69 Å². The molecule has 184 valence electrons. The Kier molecular flexibility index (Phi) is 6.51. The molecule has 1 aliphatic heterocycles. The minimum Gasteiger partial charge on any atom is -0.337 e. The molecule has 1 saturated heterocycles. The first kappa shape index (κ1) is 23.4. The van der Waals surface area contributed by atoms with Crippen molar-refractivity contribution in [3.05, 3.63) is 53.5 Å². The number of aromatic amines is 1. The van der Waals surface area contributed by atoms with Crippen molar-refractivity contribution in [1.29, 1.82) is 0 Å². The highest BCUT2D eigenvalue weighted by atomic mass is 16.2. The van der Waals surface area contributed by atoms with Crippen LogP contribution in [0.3, 0.4) is 0 Å². The zero-order valence-corrected chi connectivity index (χ0v) is 20.8. The summed E-state index contributed by atoms with van der Waals surface area (Å²) in [5.41, 5.74) is 4.34. The number of fused-ring (bicyclic) bond motifs is 1. The molecule has 1 atom stereocenters. The van der Waals surface area contributed by atoms with Crippen molar-refractivity contribution < 1.29 is 14.0 Å². The first-order valence-corrected chi connectivity index (χ1v) is 12.5. The van der Waals surface area contributed by atoms with Gasteiger partial charge in [-0.25, -0.2) is 19.4 Å². The monoisotopic (exact) mass is 476 g/mol. The van der Waals surface area contributed by atoms with E-state index in [1.165, 1.54) is 12.8 Å². The molecule has 4 heterocycles. The Morgan fingerprint density at radius 3 is 2.63 bits per heavy atom. The van der Waals surface area contributed by atoms with Crippen molar-refractivity contribution in [2.75, 3.05) is 25.0 Å². The molecular formula is C26H34N7O2+. The quantitative estimate of drug-likeness (QED) is 0.552. The molecule has 0 spiro atoms. The van der Waals surface area contributed by atoms with E-state index in [1.54, 1.807) is 19.3 Å². The maximum atomic E-state index is 13.0. The van der Waals surface area contributed by atoms with E-state index in [2.05, 4.69) is 37.0 Å². The number of piperazine rings is 1. The molecule has 2 aliphatic rings. The molecule has 35 heavy (non-hydrogen) atoms. The molecule has 5 rings (SSSR count). The molecule has 1 saturated carbocycles. The van der Waals surface area contributed by atoms with E-state index in [0.717, 1.165) is 61.5 Å². The van der Waals surface area contributed by atoms with Crippen LogP contribution < -0.4 is 9.72 Å². The highest BCUT2D eigenvalue weighted by Gasteiger charge is 2.33. The lowest BCUT2D eigenvalue weighted by Crippen LogP contribution is -2.54. The topological polar surface area (TPSA) is 98.3 Å². The Hall–Kier alpha value is -3.33. The van der Waals surface area contributed by atoms with Gasteiger partial charge in [-0.1, -0.05) is 12.8 Å². The van der Waals surface area contributed by atoms with Crippen molar-refractivity contribution in [3.63, 3.8) is 0 Å². The number of nitrogens with zero attached hydrogens (tertiary/aromatic N) is 5. The SMILES string of the molecule is Cc1ncc(C(=O)Nc2c[n+]3cc[nH]c3c(CN3CCN(C(=O)C4CCCC4)[C@@H](C)C3)c2C)cn1. The number of nitrogens with one attached hydrogen (secondary N) is 2. The third-order valence-corrected chi connectivity index (χ3v) is 7.50. The fourth-order valence-electron chi connectivity index (χ4n) is 5.43. The Morgan fingerprint density at radius 1 is 1.17 bits per heavy atom. The lowest BCUT2D eigenvalue weighted by Gasteiger charge is -2.41. The smallest absolute Gasteiger partial charge is 0.288 e. The number of carbonyl (C=O) groups is 2. The van der Waals surface area contributed by atoms with Crippen LogP contribution in [-0.4, -0.2) is 62.2 Å². The normalized spacial score (nSPS) is 19.4. The number of imidazole rings is 1. The summed E-state index contributed by atoms with van der Waals surface area (Å²) in [6.07, 6.45) is 13.3. The van der Waals surface area contributed by atoms with Crippen LogP contribution in [0.1, 0.15) is 59.9 Å². The highest BCUT2D eigenvalue weighted by Crippen LogP contribution is 2.29. The summed E-state index contributed by atoms with van der Waals surface area (Å²) >= 11 is 0. The number of carbonyl (C=O) groups excluding carboxylic acids is 2. The van der Waals surface area contributed by atoms with E-state index < -0.39 is 0 Å². The largest absolute Gasteiger partial charge is 0.337 e. The molecular weight excluding hydrogens is 442 g/mol. The predicted octanol–water partition coefficient (Wildman–Crippen LogP) is 2.64. The second-order valence-electron chi connectivity index (χ2n) is 9.93. The van der Waals surface area contributed by atoms with E-state index in [1.807, 2.05) is 29.9 Å². The Labute approximate surface area is 205 Å². The van der Waals surface area contributed by atoms with Crippen molar-refractivity contribution in [2.45, 2.75) is 59.0 Å². The second kappa shape index (κ2) is 9.73. The molecule has 9 nitrogen and oxygen atoms in total. The van der Waals surface area contributed by atoms with Gasteiger partial charge in [0.2, 0.25) is 5.91 Å². The zero-order valence-electron chi connectivity index (χ0n) is 20.8. The van der Waals surface area contributed by atoms with Gasteiger partial charge in [0.15, 0.2) is 0 Å². The van der Waals surface area contributed by atoms with E-state index >= 15 is 0 Å². The van der Waals surface area contributed by atoms with Crippen LogP contribution in [-0.2, 0) is 11.3 Å². The number of aryl methyl sites for hydroxylation is 1. The summed E-state index contributed by atoms with van der Waals surface area (Å²) in [6.45, 7) is 9.17. The van der Waals surface area contributed by atoms with E-state index in [0.29, 0.717) is 17.3 Å². The maximum absolute atomic E-state index is 13.0. The molecule has 3 aromatic rings. The van der Waals surface area contributed by atoms with Gasteiger partial charge in [-0.05, 0) is 39.2 Å². The maximum Gasteiger partial charge on any atom is 0.288 e. The lowest BCUT2D eigenvalue weighted by atomic mass is 10.0. The van der Waals surface area contributed by atoms with Crippen LogP contribution >= 0.6 is 0 Å². The second-order valence-corrected chi connectivity index (χ2v) is 9.93. The Balaban J connectivity index is 1.33. The number of aromatic nitrogens is 4. The predicted molar refractivity (Wildman–Crippen MR) is 132 cm³/mol. The minimum absolute atomic E-state index is 0.188. The van der Waals surface area contributed by atoms with Gasteiger partial charge in [0.1, 0.15) is 24.4 Å². The van der Waals surface area contributed by atoms with Crippen LogP contribution in [0.5, 0.6) is 0 Å². The fraction of sp³-hybridized carbons (Fsp3) is 0.500. The average molecular weight is 477 g/mol. The average Bonchev–Trinajstić information content (AvgIpc) is 3.54. The summed E-state index contributed by atoms with van der Waals surface area (Å²) in [7, 11) is 0. The number of pyridine rings is 1. The molecule has 9 heteroatoms. The van der Waals surface area contributed by atoms with Crippen molar-refractivity contribution >= 4 is 23.1 Å². The van der Waals surface area contributed by atoms with Gasteiger partial charge in [-0.2, -0.15) is 0 Å². The highest BCUT2D eigenvalue weighted by molar-refractivity contribution is 6.04. The number of hydrogen-bond acceptors (Lipinski definition) is 5. The number of anilines is 1. The van der Waals surface area contributed by atoms with E-state index in [9.17, 15) is 9.59 Å². The molecule has 1 aliphatic carbocycles. The standard InChI is InChI=1S/C26H33N7O2/c1-17-14-31(10-11-33(17)26(35)20-6-4-5-7-20)15-22-18(2)23(16-32-9-8-27-24(22)32)30-25(34)21-12-28-19(3)29-13-21/h8-9,12-13,16-17,20H,4-7,10-11,14-15H2,1-3H3,(H,30,34)/p+1/t17-/m0/s1. The number of H-pyrrole nitrogens is 1. The summed E-state index contributed by atoms with van der Waals surface area (Å²) in [5.74, 6) is 0.962. The molecule has 0 unspecified atom stereocenters. The third-order valence-electron chi connectivity index (χ3n) is 7.50. The van der Waals surface area contributed by atoms with Gasteiger partial charge in [0.05, 0.1) is 16.8 Å². The van der Waals surface area contributed by atoms with Crippen molar-refractivity contribution in [2.24, 2.45) is 5.92 Å². The number of hydrogen-bond donors (Lipinski definition) is 2. The molecule has 2 N–H and O–H groups in total. The van der Waals surface area contributed by atoms with Gasteiger partial charge in [-0.3, -0.25) is 14.5 Å². The van der Waals surface area contributed by atoms with Gasteiger partial charge in [-0.15, -0.1) is 0 Å². The van der Waals surface area contributed by atoms with Crippen molar-refractivity contribution in [1.82, 2.24) is 24.8 Å². The summed E-state index contributed by atoms with van der Waals surface area (Å²) in [4.78, 5) is 42.0. The Bertz CT molecular complexity index is 1230. The molecule has 2 amide bonds. The first-order chi connectivity index (χ1) is 16.9. The first-order valence-electron chi connectivity index (χ1n) is 12.5. The Morgan fingerprint density at radius 2 is 1.91 bits per heavy atom. The van der Waals surface area contributed by atoms with Gasteiger partial charge < -0.3 is 10.2 Å². The van der Waals surface area contributed by atoms with Gasteiger partial charge in [0.25, 0.3) is 11.6 Å². The number of amides is 2.